The van der Waals surface area contributed by atoms with Crippen molar-refractivity contribution >= 4 is 17.0 Å². The van der Waals surface area contributed by atoms with Crippen LogP contribution in [-0.4, -0.2) is 20.4 Å². The number of amides is 1. The van der Waals surface area contributed by atoms with Crippen molar-refractivity contribution in [2.75, 3.05) is 0 Å². The first-order valence-electron chi connectivity index (χ1n) is 9.10. The highest BCUT2D eigenvalue weighted by molar-refractivity contribution is 5.77. The molecule has 1 amide bonds. The molecule has 7 heteroatoms. The van der Waals surface area contributed by atoms with Gasteiger partial charge in [0.05, 0.1) is 23.4 Å². The number of benzene rings is 2. The summed E-state index contributed by atoms with van der Waals surface area (Å²) in [6.07, 6.45) is 1.92. The van der Waals surface area contributed by atoms with Crippen LogP contribution in [0.2, 0.25) is 0 Å². The predicted octanol–water partition coefficient (Wildman–Crippen LogP) is 3.25. The molecule has 1 atom stereocenters. The number of rotatable bonds is 6. The van der Waals surface area contributed by atoms with Crippen molar-refractivity contribution in [3.8, 4) is 11.3 Å². The molecule has 2 aromatic carbocycles. The summed E-state index contributed by atoms with van der Waals surface area (Å²) in [5.74, 6) is 0.0565. The summed E-state index contributed by atoms with van der Waals surface area (Å²) >= 11 is 0. The maximum Gasteiger partial charge on any atom is 0.419 e. The van der Waals surface area contributed by atoms with E-state index in [1.54, 1.807) is 24.4 Å². The van der Waals surface area contributed by atoms with E-state index in [0.717, 1.165) is 11.3 Å². The lowest BCUT2D eigenvalue weighted by molar-refractivity contribution is -0.122. The fourth-order valence-electron chi connectivity index (χ4n) is 3.14. The van der Waals surface area contributed by atoms with Crippen LogP contribution in [0, 0.1) is 0 Å². The first kappa shape index (κ1) is 17.8. The van der Waals surface area contributed by atoms with Gasteiger partial charge in [-0.2, -0.15) is 0 Å². The summed E-state index contributed by atoms with van der Waals surface area (Å²) < 4.78 is 6.66. The summed E-state index contributed by atoms with van der Waals surface area (Å²) in [7, 11) is 0. The van der Waals surface area contributed by atoms with E-state index in [0.29, 0.717) is 16.9 Å². The molecule has 0 saturated heterocycles. The van der Waals surface area contributed by atoms with Crippen LogP contribution in [0.25, 0.3) is 22.4 Å². The van der Waals surface area contributed by atoms with E-state index in [1.807, 2.05) is 43.3 Å². The Bertz CT molecular complexity index is 1160. The molecule has 2 heterocycles. The van der Waals surface area contributed by atoms with Gasteiger partial charge in [-0.15, -0.1) is 0 Å². The molecule has 0 fully saturated rings. The van der Waals surface area contributed by atoms with E-state index in [1.165, 1.54) is 4.57 Å². The lowest BCUT2D eigenvalue weighted by atomic mass is 10.2. The Morgan fingerprint density at radius 3 is 2.75 bits per heavy atom. The minimum atomic E-state index is -0.458. The number of nitrogens with one attached hydrogen (secondary N) is 2. The number of aromatic nitrogens is 3. The molecule has 2 N–H and O–H groups in total. The Morgan fingerprint density at radius 2 is 1.93 bits per heavy atom. The van der Waals surface area contributed by atoms with Gasteiger partial charge in [-0.1, -0.05) is 42.5 Å². The molecule has 142 valence electrons. The monoisotopic (exact) mass is 376 g/mol. The highest BCUT2D eigenvalue weighted by atomic mass is 16.4. The average Bonchev–Trinajstić information content (AvgIpc) is 3.31. The predicted molar refractivity (Wildman–Crippen MR) is 106 cm³/mol. The zero-order valence-electron chi connectivity index (χ0n) is 15.4. The summed E-state index contributed by atoms with van der Waals surface area (Å²) in [6.45, 7) is 2.12. The maximum atomic E-state index is 12.3. The largest absolute Gasteiger partial charge is 0.419 e. The van der Waals surface area contributed by atoms with Crippen molar-refractivity contribution in [1.82, 2.24) is 19.9 Å². The van der Waals surface area contributed by atoms with Crippen molar-refractivity contribution < 1.29 is 9.21 Å². The number of hydrogen-bond donors (Lipinski definition) is 2. The van der Waals surface area contributed by atoms with Crippen molar-refractivity contribution in [3.05, 3.63) is 77.2 Å². The van der Waals surface area contributed by atoms with E-state index in [-0.39, 0.29) is 24.9 Å². The lowest BCUT2D eigenvalue weighted by Crippen LogP contribution is -2.29. The molecule has 0 aliphatic heterocycles. The first-order chi connectivity index (χ1) is 13.6. The second kappa shape index (κ2) is 7.56. The molecule has 0 unspecified atom stereocenters. The number of aryl methyl sites for hydroxylation is 1. The smallest absolute Gasteiger partial charge is 0.408 e. The van der Waals surface area contributed by atoms with Gasteiger partial charge in [-0.3, -0.25) is 9.36 Å². The zero-order valence-corrected chi connectivity index (χ0v) is 15.4. The number of oxazole rings is 1. The van der Waals surface area contributed by atoms with E-state index in [4.69, 9.17) is 4.42 Å². The van der Waals surface area contributed by atoms with Gasteiger partial charge in [0.25, 0.3) is 0 Å². The van der Waals surface area contributed by atoms with Crippen LogP contribution in [0.15, 0.2) is 70.0 Å². The van der Waals surface area contributed by atoms with Gasteiger partial charge < -0.3 is 14.7 Å². The lowest BCUT2D eigenvalue weighted by Gasteiger charge is -2.11. The fraction of sp³-hybridized carbons (Fsp3) is 0.190. The Labute approximate surface area is 161 Å². The first-order valence-corrected chi connectivity index (χ1v) is 9.10. The molecular weight excluding hydrogens is 356 g/mol. The third-order valence-electron chi connectivity index (χ3n) is 4.60. The standard InChI is InChI=1S/C21H20N4O3/c1-14(20-22-13-16(24-20)15-7-3-2-4-8-15)23-19(26)11-12-25-17-9-5-6-10-18(17)28-21(25)27/h2-10,13-14H,11-12H2,1H3,(H,22,24)(H,23,26)/t14-/m1/s1. The number of nitrogens with zero attached hydrogens (tertiary/aromatic N) is 2. The summed E-state index contributed by atoms with van der Waals surface area (Å²) in [6, 6.07) is 16.8. The Hall–Kier alpha value is -3.61. The van der Waals surface area contributed by atoms with Crippen LogP contribution in [0.1, 0.15) is 25.2 Å². The third-order valence-corrected chi connectivity index (χ3v) is 4.60. The van der Waals surface area contributed by atoms with Gasteiger partial charge in [0.15, 0.2) is 5.58 Å². The van der Waals surface area contributed by atoms with E-state index < -0.39 is 5.76 Å². The number of carbonyl (C=O) groups excluding carboxylic acids is 1. The molecule has 0 bridgehead atoms. The van der Waals surface area contributed by atoms with Crippen LogP contribution >= 0.6 is 0 Å². The van der Waals surface area contributed by atoms with Gasteiger partial charge in [0.2, 0.25) is 5.91 Å². The normalized spacial score (nSPS) is 12.2. The number of carbonyl (C=O) groups is 1. The van der Waals surface area contributed by atoms with Crippen LogP contribution in [0.5, 0.6) is 0 Å². The molecule has 4 aromatic rings. The Balaban J connectivity index is 1.39. The molecule has 0 spiro atoms. The zero-order chi connectivity index (χ0) is 19.5. The number of imidazole rings is 1. The molecule has 0 radical (unpaired) electrons. The quantitative estimate of drug-likeness (QED) is 0.540. The molecule has 0 aliphatic carbocycles. The molecular formula is C21H20N4O3. The van der Waals surface area contributed by atoms with Crippen LogP contribution in [-0.2, 0) is 11.3 Å². The number of H-pyrrole nitrogens is 1. The third kappa shape index (κ3) is 3.59. The molecule has 0 aliphatic rings. The van der Waals surface area contributed by atoms with Crippen LogP contribution in [0.4, 0.5) is 0 Å². The van der Waals surface area contributed by atoms with Crippen molar-refractivity contribution in [2.45, 2.75) is 25.9 Å². The second-order valence-corrected chi connectivity index (χ2v) is 6.57. The number of fused-ring (bicyclic) bond motifs is 1. The van der Waals surface area contributed by atoms with Crippen LogP contribution < -0.4 is 11.1 Å². The minimum absolute atomic E-state index is 0.164. The van der Waals surface area contributed by atoms with Gasteiger partial charge >= 0.3 is 5.76 Å². The molecule has 28 heavy (non-hydrogen) atoms. The van der Waals surface area contributed by atoms with E-state index in [9.17, 15) is 9.59 Å². The van der Waals surface area contributed by atoms with Crippen molar-refractivity contribution in [2.24, 2.45) is 0 Å². The minimum Gasteiger partial charge on any atom is -0.408 e. The van der Waals surface area contributed by atoms with Crippen molar-refractivity contribution in [3.63, 3.8) is 0 Å². The molecule has 4 rings (SSSR count). The van der Waals surface area contributed by atoms with E-state index >= 15 is 0 Å². The number of para-hydroxylation sites is 2. The SMILES string of the molecule is C[C@@H](NC(=O)CCn1c(=O)oc2ccccc21)c1ncc(-c2ccccc2)[nH]1. The highest BCUT2D eigenvalue weighted by Gasteiger charge is 2.15. The summed E-state index contributed by atoms with van der Waals surface area (Å²) in [4.78, 5) is 31.9. The van der Waals surface area contributed by atoms with Crippen LogP contribution in [0.3, 0.4) is 0 Å². The number of hydrogen-bond acceptors (Lipinski definition) is 4. The summed E-state index contributed by atoms with van der Waals surface area (Å²) in [5.41, 5.74) is 3.14. The van der Waals surface area contributed by atoms with Gasteiger partial charge in [0.1, 0.15) is 5.82 Å². The average molecular weight is 376 g/mol. The summed E-state index contributed by atoms with van der Waals surface area (Å²) in [5, 5.41) is 2.91. The molecule has 7 nitrogen and oxygen atoms in total. The van der Waals surface area contributed by atoms with Gasteiger partial charge in [0, 0.05) is 13.0 Å². The van der Waals surface area contributed by atoms with Gasteiger partial charge in [-0.05, 0) is 24.6 Å². The second-order valence-electron chi connectivity index (χ2n) is 6.57. The highest BCUT2D eigenvalue weighted by Crippen LogP contribution is 2.19. The molecule has 2 aromatic heterocycles. The Kier molecular flexibility index (Phi) is 4.80. The van der Waals surface area contributed by atoms with Gasteiger partial charge in [-0.25, -0.2) is 9.78 Å². The van der Waals surface area contributed by atoms with E-state index in [2.05, 4.69) is 15.3 Å². The topological polar surface area (TPSA) is 92.9 Å². The van der Waals surface area contributed by atoms with Crippen molar-refractivity contribution in [1.29, 1.82) is 0 Å². The maximum absolute atomic E-state index is 12.3. The molecule has 0 saturated carbocycles. The fourth-order valence-corrected chi connectivity index (χ4v) is 3.14. The Morgan fingerprint density at radius 1 is 1.18 bits per heavy atom. The number of aromatic amines is 1.